The highest BCUT2D eigenvalue weighted by atomic mass is 16.5. The molecule has 5 aliphatic heterocycles. The summed E-state index contributed by atoms with van der Waals surface area (Å²) in [6.45, 7) is 2.56. The van der Waals surface area contributed by atoms with Crippen molar-refractivity contribution in [2.45, 2.75) is 55.8 Å². The van der Waals surface area contributed by atoms with Crippen molar-refractivity contribution in [3.63, 3.8) is 0 Å². The van der Waals surface area contributed by atoms with Crippen LogP contribution in [0.5, 0.6) is 0 Å². The Morgan fingerprint density at radius 3 is 2.71 bits per heavy atom. The number of likely N-dealkylation sites (N-methyl/N-ethyl adjacent to an activating group) is 1. The minimum absolute atomic E-state index is 0.00850. The first kappa shape index (κ1) is 19.6. The summed E-state index contributed by atoms with van der Waals surface area (Å²) < 4.78 is 11.5. The number of aliphatic hydroxyl groups excluding tert-OH is 1. The Bertz CT molecular complexity index is 998. The lowest BCUT2D eigenvalue weighted by Gasteiger charge is -2.61. The second kappa shape index (κ2) is 6.47. The normalized spacial score (nSPS) is 44.5. The van der Waals surface area contributed by atoms with Crippen molar-refractivity contribution in [1.29, 1.82) is 5.26 Å². The Kier molecular flexibility index (Phi) is 4.08. The molecule has 5 heterocycles. The molecule has 8 atom stereocenters. The Balaban J connectivity index is 1.63. The molecule has 0 spiro atoms. The highest BCUT2D eigenvalue weighted by Gasteiger charge is 2.68. The molecule has 9 nitrogen and oxygen atoms in total. The molecular formula is C22H26N4O5. The van der Waals surface area contributed by atoms with Gasteiger partial charge in [0.25, 0.3) is 0 Å². The Morgan fingerprint density at radius 2 is 2.03 bits per heavy atom. The molecule has 0 radical (unpaired) electrons. The molecule has 1 aliphatic carbocycles. The minimum Gasteiger partial charge on any atom is -0.492 e. The molecule has 0 aromatic heterocycles. The number of hydrogen-bond acceptors (Lipinski definition) is 9. The predicted octanol–water partition coefficient (Wildman–Crippen LogP) is -0.965. The molecule has 0 amide bonds. The number of carbonyl (C=O) groups is 2. The summed E-state index contributed by atoms with van der Waals surface area (Å²) in [5.74, 6) is -0.292. The lowest BCUT2D eigenvalue weighted by Crippen LogP contribution is -2.78. The highest BCUT2D eigenvalue weighted by molar-refractivity contribution is 6.25. The van der Waals surface area contributed by atoms with Gasteiger partial charge < -0.3 is 14.6 Å². The van der Waals surface area contributed by atoms with Crippen LogP contribution in [0.2, 0.25) is 0 Å². The first-order chi connectivity index (χ1) is 15.0. The number of piperidine rings is 1. The summed E-state index contributed by atoms with van der Waals surface area (Å²) in [6.07, 6.45) is 0.694. The van der Waals surface area contributed by atoms with Gasteiger partial charge in [0, 0.05) is 47.3 Å². The number of Topliss-reactive ketones (excluding diaryl/α,β-unsaturated/α-hetero) is 2. The molecule has 0 aromatic carbocycles. The number of rotatable bonds is 2. The maximum absolute atomic E-state index is 13.6. The number of carbonyl (C=O) groups excluding carboxylic acids is 2. The lowest BCUT2D eigenvalue weighted by molar-refractivity contribution is -0.145. The van der Waals surface area contributed by atoms with Gasteiger partial charge in [0.15, 0.2) is 11.5 Å². The van der Waals surface area contributed by atoms with Crippen molar-refractivity contribution >= 4 is 11.6 Å². The van der Waals surface area contributed by atoms with Crippen LogP contribution >= 0.6 is 0 Å². The Morgan fingerprint density at radius 1 is 1.26 bits per heavy atom. The molecule has 31 heavy (non-hydrogen) atoms. The zero-order valence-electron chi connectivity index (χ0n) is 17.8. The van der Waals surface area contributed by atoms with E-state index in [0.29, 0.717) is 29.9 Å². The van der Waals surface area contributed by atoms with Crippen molar-refractivity contribution in [2.75, 3.05) is 33.9 Å². The molecular weight excluding hydrogens is 400 g/mol. The van der Waals surface area contributed by atoms with E-state index in [9.17, 15) is 20.0 Å². The number of aliphatic hydroxyl groups is 1. The standard InChI is InChI=1S/C22H26N4O5/c1-9-19(28)15-14(20(29)21(9)30-3)13(8-27)26-12(7-23)11-6-10-16(24(11)2)18(26)17(15)25-4-5-31-22(10)25/h10-13,16-18,22,27H,4-6,8H2,1-3H3/t10-,11+,12-,13-,16-,17+,18+,22+/m1/s1. The molecule has 4 fully saturated rings. The minimum atomic E-state index is -0.701. The molecule has 9 heteroatoms. The number of hydrogen-bond donors (Lipinski definition) is 1. The van der Waals surface area contributed by atoms with Crippen molar-refractivity contribution < 1.29 is 24.2 Å². The fourth-order valence-corrected chi connectivity index (χ4v) is 7.45. The van der Waals surface area contributed by atoms with E-state index in [0.717, 1.165) is 6.42 Å². The van der Waals surface area contributed by atoms with Gasteiger partial charge in [-0.05, 0) is 20.4 Å². The molecule has 6 rings (SSSR count). The Labute approximate surface area is 180 Å². The number of ether oxygens (including phenoxy) is 2. The summed E-state index contributed by atoms with van der Waals surface area (Å²) in [5, 5.41) is 20.7. The summed E-state index contributed by atoms with van der Waals surface area (Å²) in [6, 6.07) is 0.854. The van der Waals surface area contributed by atoms with Gasteiger partial charge in [-0.25, -0.2) is 0 Å². The van der Waals surface area contributed by atoms with Crippen LogP contribution < -0.4 is 0 Å². The molecule has 0 unspecified atom stereocenters. The van der Waals surface area contributed by atoms with E-state index in [4.69, 9.17) is 9.47 Å². The third-order valence-electron chi connectivity index (χ3n) is 8.50. The molecule has 6 aliphatic rings. The zero-order valence-corrected chi connectivity index (χ0v) is 17.8. The lowest BCUT2D eigenvalue weighted by atomic mass is 9.69. The molecule has 0 aromatic rings. The van der Waals surface area contributed by atoms with Gasteiger partial charge >= 0.3 is 0 Å². The average Bonchev–Trinajstić information content (AvgIpc) is 3.34. The number of piperazine rings is 1. The molecule has 164 valence electrons. The van der Waals surface area contributed by atoms with Crippen molar-refractivity contribution in [1.82, 2.24) is 14.7 Å². The molecule has 1 N–H and O–H groups in total. The van der Waals surface area contributed by atoms with Crippen LogP contribution in [0.1, 0.15) is 13.3 Å². The van der Waals surface area contributed by atoms with E-state index in [1.165, 1.54) is 7.11 Å². The highest BCUT2D eigenvalue weighted by Crippen LogP contribution is 2.54. The number of methoxy groups -OCH3 is 1. The first-order valence-electron chi connectivity index (χ1n) is 10.9. The van der Waals surface area contributed by atoms with Gasteiger partial charge in [-0.15, -0.1) is 0 Å². The van der Waals surface area contributed by atoms with E-state index in [2.05, 4.69) is 22.9 Å². The van der Waals surface area contributed by atoms with Crippen LogP contribution in [0.4, 0.5) is 0 Å². The van der Waals surface area contributed by atoms with E-state index >= 15 is 0 Å². The van der Waals surface area contributed by atoms with Crippen molar-refractivity contribution in [3.8, 4) is 6.07 Å². The molecule has 0 saturated carbocycles. The first-order valence-corrected chi connectivity index (χ1v) is 10.9. The monoisotopic (exact) mass is 426 g/mol. The SMILES string of the molecule is COC1=C(C)C(=O)C2=C(C1=O)[C@@H](CO)N1[C@H]3[C@H]4[C@@H](C[C@@H]([C@H]1C#N)N4C)[C@@H]1OCCN1[C@@H]23. The maximum Gasteiger partial charge on any atom is 0.226 e. The van der Waals surface area contributed by atoms with Gasteiger partial charge in [-0.3, -0.25) is 24.3 Å². The summed E-state index contributed by atoms with van der Waals surface area (Å²) in [4.78, 5) is 33.7. The van der Waals surface area contributed by atoms with Crippen molar-refractivity contribution in [3.05, 3.63) is 22.5 Å². The molecule has 2 bridgehead atoms. The fourth-order valence-electron chi connectivity index (χ4n) is 7.45. The van der Waals surface area contributed by atoms with Gasteiger partial charge in [0.05, 0.1) is 38.5 Å². The van der Waals surface area contributed by atoms with Gasteiger partial charge in [0.2, 0.25) is 5.78 Å². The largest absolute Gasteiger partial charge is 0.492 e. The summed E-state index contributed by atoms with van der Waals surface area (Å²) in [7, 11) is 3.44. The van der Waals surface area contributed by atoms with Crippen LogP contribution in [-0.4, -0.2) is 108 Å². The second-order valence-corrected chi connectivity index (χ2v) is 9.42. The molecule has 4 saturated heterocycles. The summed E-state index contributed by atoms with van der Waals surface area (Å²) >= 11 is 0. The maximum atomic E-state index is 13.6. The van der Waals surface area contributed by atoms with Gasteiger partial charge in [-0.1, -0.05) is 0 Å². The topological polar surface area (TPSA) is 106 Å². The second-order valence-electron chi connectivity index (χ2n) is 9.42. The van der Waals surface area contributed by atoms with Crippen LogP contribution in [0.15, 0.2) is 22.5 Å². The summed E-state index contributed by atoms with van der Waals surface area (Å²) in [5.41, 5.74) is 1.07. The van der Waals surface area contributed by atoms with E-state index in [1.807, 2.05) is 4.90 Å². The number of allylic oxidation sites excluding steroid dienone is 2. The van der Waals surface area contributed by atoms with Crippen LogP contribution in [0.3, 0.4) is 0 Å². The third-order valence-corrected chi connectivity index (χ3v) is 8.50. The van der Waals surface area contributed by atoms with Crippen molar-refractivity contribution in [2.24, 2.45) is 5.92 Å². The Hall–Kier alpha value is -2.09. The number of ketones is 2. The van der Waals surface area contributed by atoms with Gasteiger partial charge in [0.1, 0.15) is 12.3 Å². The van der Waals surface area contributed by atoms with Crippen LogP contribution in [0.25, 0.3) is 0 Å². The van der Waals surface area contributed by atoms with Gasteiger partial charge in [-0.2, -0.15) is 5.26 Å². The van der Waals surface area contributed by atoms with Crippen LogP contribution in [-0.2, 0) is 19.1 Å². The fraction of sp³-hybridized carbons (Fsp3) is 0.682. The van der Waals surface area contributed by atoms with E-state index in [1.54, 1.807) is 6.92 Å². The van der Waals surface area contributed by atoms with E-state index in [-0.39, 0.29) is 60.2 Å². The van der Waals surface area contributed by atoms with Crippen LogP contribution in [0, 0.1) is 17.2 Å². The predicted molar refractivity (Wildman–Crippen MR) is 106 cm³/mol. The quantitative estimate of drug-likeness (QED) is 0.559. The average molecular weight is 426 g/mol. The number of nitriles is 1. The smallest absolute Gasteiger partial charge is 0.226 e. The van der Waals surface area contributed by atoms with E-state index < -0.39 is 12.1 Å². The number of fused-ring (bicyclic) bond motifs is 5. The number of nitrogens with zero attached hydrogens (tertiary/aromatic N) is 4. The zero-order chi connectivity index (χ0) is 21.8. The third kappa shape index (κ3) is 2.12.